The van der Waals surface area contributed by atoms with E-state index in [-0.39, 0.29) is 5.57 Å². The zero-order valence-corrected chi connectivity index (χ0v) is 15.8. The van der Waals surface area contributed by atoms with Crippen LogP contribution < -0.4 is 5.32 Å². The van der Waals surface area contributed by atoms with Gasteiger partial charge in [-0.1, -0.05) is 23.2 Å². The predicted molar refractivity (Wildman–Crippen MR) is 104 cm³/mol. The summed E-state index contributed by atoms with van der Waals surface area (Å²) in [4.78, 5) is 18.3. The second-order valence-corrected chi connectivity index (χ2v) is 6.31. The standard InChI is InChI=1S/C19H18Cl2N4O/c1-2-25(10-7-14-5-8-23-9-6-14)13-15(12-22)19(26)24-18-11-16(20)3-4-17(18)21/h3-6,8-9,11,13H,2,7,10H2,1H3,(H,24,26)/b15-13-. The largest absolute Gasteiger partial charge is 0.376 e. The van der Waals surface area contributed by atoms with Gasteiger partial charge in [-0.2, -0.15) is 5.26 Å². The van der Waals surface area contributed by atoms with Crippen molar-refractivity contribution in [1.82, 2.24) is 9.88 Å². The number of pyridine rings is 1. The molecule has 0 aliphatic heterocycles. The lowest BCUT2D eigenvalue weighted by Crippen LogP contribution is -2.23. The molecule has 1 heterocycles. The van der Waals surface area contributed by atoms with Gasteiger partial charge in [0.2, 0.25) is 0 Å². The van der Waals surface area contributed by atoms with Gasteiger partial charge in [-0.15, -0.1) is 0 Å². The van der Waals surface area contributed by atoms with E-state index < -0.39 is 5.91 Å². The topological polar surface area (TPSA) is 69.0 Å². The monoisotopic (exact) mass is 388 g/mol. The molecule has 0 saturated heterocycles. The van der Waals surface area contributed by atoms with Crippen LogP contribution in [0.3, 0.4) is 0 Å². The van der Waals surface area contributed by atoms with Crippen LogP contribution >= 0.6 is 23.2 Å². The van der Waals surface area contributed by atoms with Crippen LogP contribution in [0.15, 0.2) is 54.5 Å². The number of hydrogen-bond acceptors (Lipinski definition) is 4. The highest BCUT2D eigenvalue weighted by molar-refractivity contribution is 6.35. The molecule has 0 fully saturated rings. The summed E-state index contributed by atoms with van der Waals surface area (Å²) in [6.07, 6.45) is 5.83. The van der Waals surface area contributed by atoms with E-state index in [1.54, 1.807) is 30.7 Å². The van der Waals surface area contributed by atoms with E-state index >= 15 is 0 Å². The summed E-state index contributed by atoms with van der Waals surface area (Å²) in [5.74, 6) is -0.529. The molecule has 0 radical (unpaired) electrons. The Morgan fingerprint density at radius 1 is 1.31 bits per heavy atom. The molecule has 26 heavy (non-hydrogen) atoms. The number of benzene rings is 1. The number of halogens is 2. The maximum atomic E-state index is 12.4. The molecule has 5 nitrogen and oxygen atoms in total. The molecule has 1 N–H and O–H groups in total. The summed E-state index contributed by atoms with van der Waals surface area (Å²) < 4.78 is 0. The van der Waals surface area contributed by atoms with Crippen molar-refractivity contribution < 1.29 is 4.79 Å². The molecule has 134 valence electrons. The number of anilines is 1. The summed E-state index contributed by atoms with van der Waals surface area (Å²) >= 11 is 12.0. The third-order valence-electron chi connectivity index (χ3n) is 3.70. The van der Waals surface area contributed by atoms with Crippen LogP contribution in [0.5, 0.6) is 0 Å². The van der Waals surface area contributed by atoms with E-state index in [0.29, 0.717) is 28.8 Å². The van der Waals surface area contributed by atoms with Crippen LogP contribution in [0.2, 0.25) is 10.0 Å². The van der Waals surface area contributed by atoms with Gasteiger partial charge in [-0.05, 0) is 49.2 Å². The molecule has 0 aliphatic rings. The Kier molecular flexibility index (Phi) is 7.46. The fourth-order valence-electron chi connectivity index (χ4n) is 2.24. The van der Waals surface area contributed by atoms with Gasteiger partial charge in [0.15, 0.2) is 0 Å². The van der Waals surface area contributed by atoms with Crippen molar-refractivity contribution in [2.75, 3.05) is 18.4 Å². The van der Waals surface area contributed by atoms with Crippen molar-refractivity contribution in [2.45, 2.75) is 13.3 Å². The minimum absolute atomic E-state index is 0.00220. The summed E-state index contributed by atoms with van der Waals surface area (Å²) in [5.41, 5.74) is 1.50. The summed E-state index contributed by atoms with van der Waals surface area (Å²) in [6.45, 7) is 3.31. The molecular formula is C19H18Cl2N4O. The Morgan fingerprint density at radius 3 is 2.69 bits per heavy atom. The molecule has 1 amide bonds. The molecule has 1 aromatic heterocycles. The Hall–Kier alpha value is -2.55. The second-order valence-electron chi connectivity index (χ2n) is 5.47. The molecule has 0 aliphatic carbocycles. The molecule has 0 unspecified atom stereocenters. The van der Waals surface area contributed by atoms with Crippen LogP contribution in [0.4, 0.5) is 5.69 Å². The third-order valence-corrected chi connectivity index (χ3v) is 4.26. The van der Waals surface area contributed by atoms with Crippen LogP contribution in [0.1, 0.15) is 12.5 Å². The molecular weight excluding hydrogens is 371 g/mol. The van der Waals surface area contributed by atoms with Crippen molar-refractivity contribution in [2.24, 2.45) is 0 Å². The first kappa shape index (κ1) is 19.8. The van der Waals surface area contributed by atoms with E-state index in [2.05, 4.69) is 10.3 Å². The zero-order valence-electron chi connectivity index (χ0n) is 14.2. The highest BCUT2D eigenvalue weighted by atomic mass is 35.5. The molecule has 0 spiro atoms. The number of nitrogens with zero attached hydrogens (tertiary/aromatic N) is 3. The number of nitriles is 1. The van der Waals surface area contributed by atoms with Gasteiger partial charge in [-0.3, -0.25) is 9.78 Å². The van der Waals surface area contributed by atoms with Crippen molar-refractivity contribution in [3.05, 3.63) is 70.1 Å². The maximum absolute atomic E-state index is 12.4. The molecule has 2 aromatic rings. The van der Waals surface area contributed by atoms with Gasteiger partial charge >= 0.3 is 0 Å². The number of hydrogen-bond donors (Lipinski definition) is 1. The van der Waals surface area contributed by atoms with E-state index in [9.17, 15) is 10.1 Å². The van der Waals surface area contributed by atoms with Crippen molar-refractivity contribution >= 4 is 34.8 Å². The molecule has 7 heteroatoms. The SMILES string of the molecule is CCN(/C=C(/C#N)C(=O)Nc1cc(Cl)ccc1Cl)CCc1ccncc1. The third kappa shape index (κ3) is 5.76. The number of aromatic nitrogens is 1. The Balaban J connectivity index is 2.07. The molecule has 1 aromatic carbocycles. The number of carbonyl (C=O) groups is 1. The van der Waals surface area contributed by atoms with Gasteiger partial charge in [0.05, 0.1) is 10.7 Å². The normalized spacial score (nSPS) is 10.9. The Labute approximate surface area is 162 Å². The smallest absolute Gasteiger partial charge is 0.267 e. The number of likely N-dealkylation sites (N-methyl/N-ethyl adjacent to an activating group) is 1. The fraction of sp³-hybridized carbons (Fsp3) is 0.211. The van der Waals surface area contributed by atoms with Crippen molar-refractivity contribution in [3.63, 3.8) is 0 Å². The molecule has 0 atom stereocenters. The first-order valence-corrected chi connectivity index (χ1v) is 8.80. The minimum Gasteiger partial charge on any atom is -0.376 e. The van der Waals surface area contributed by atoms with E-state index in [4.69, 9.17) is 23.2 Å². The van der Waals surface area contributed by atoms with Crippen LogP contribution in [0, 0.1) is 11.3 Å². The van der Waals surface area contributed by atoms with E-state index in [1.165, 1.54) is 6.07 Å². The summed E-state index contributed by atoms with van der Waals surface area (Å²) in [6, 6.07) is 10.6. The first-order chi connectivity index (χ1) is 12.5. The van der Waals surface area contributed by atoms with Gasteiger partial charge in [-0.25, -0.2) is 0 Å². The lowest BCUT2D eigenvalue weighted by Gasteiger charge is -2.19. The van der Waals surface area contributed by atoms with Crippen molar-refractivity contribution in [3.8, 4) is 6.07 Å². The number of rotatable bonds is 7. The van der Waals surface area contributed by atoms with Gasteiger partial charge in [0, 0.05) is 36.7 Å². The number of carbonyl (C=O) groups excluding carboxylic acids is 1. The average Bonchev–Trinajstić information content (AvgIpc) is 2.65. The number of amides is 1. The lowest BCUT2D eigenvalue weighted by atomic mass is 10.2. The quantitative estimate of drug-likeness (QED) is 0.566. The predicted octanol–water partition coefficient (Wildman–Crippen LogP) is 4.30. The average molecular weight is 389 g/mol. The highest BCUT2D eigenvalue weighted by Crippen LogP contribution is 2.25. The summed E-state index contributed by atoms with van der Waals surface area (Å²) in [7, 11) is 0. The van der Waals surface area contributed by atoms with Crippen LogP contribution in [-0.4, -0.2) is 28.9 Å². The van der Waals surface area contributed by atoms with Gasteiger partial charge < -0.3 is 10.2 Å². The Bertz CT molecular complexity index is 831. The maximum Gasteiger partial charge on any atom is 0.267 e. The molecule has 0 bridgehead atoms. The summed E-state index contributed by atoms with van der Waals surface area (Å²) in [5, 5.41) is 12.8. The van der Waals surface area contributed by atoms with Crippen LogP contribution in [0.25, 0.3) is 0 Å². The fourth-order valence-corrected chi connectivity index (χ4v) is 2.58. The van der Waals surface area contributed by atoms with Gasteiger partial charge in [0.25, 0.3) is 5.91 Å². The zero-order chi connectivity index (χ0) is 18.9. The second kappa shape index (κ2) is 9.81. The highest BCUT2D eigenvalue weighted by Gasteiger charge is 2.13. The first-order valence-electron chi connectivity index (χ1n) is 8.04. The van der Waals surface area contributed by atoms with E-state index in [0.717, 1.165) is 12.0 Å². The molecule has 0 saturated carbocycles. The van der Waals surface area contributed by atoms with Gasteiger partial charge in [0.1, 0.15) is 11.6 Å². The van der Waals surface area contributed by atoms with E-state index in [1.807, 2.05) is 30.0 Å². The number of nitrogens with one attached hydrogen (secondary N) is 1. The van der Waals surface area contributed by atoms with Crippen LogP contribution in [-0.2, 0) is 11.2 Å². The lowest BCUT2D eigenvalue weighted by molar-refractivity contribution is -0.112. The molecule has 2 rings (SSSR count). The minimum atomic E-state index is -0.529. The Morgan fingerprint density at radius 2 is 2.04 bits per heavy atom. The van der Waals surface area contributed by atoms with Crippen molar-refractivity contribution in [1.29, 1.82) is 5.26 Å².